The minimum atomic E-state index is -4.43. The first kappa shape index (κ1) is 23.2. The van der Waals surface area contributed by atoms with Gasteiger partial charge in [0.1, 0.15) is 5.75 Å². The summed E-state index contributed by atoms with van der Waals surface area (Å²) in [6.45, 7) is 0.455. The van der Waals surface area contributed by atoms with E-state index in [0.29, 0.717) is 35.5 Å². The molecule has 10 heteroatoms. The zero-order valence-electron chi connectivity index (χ0n) is 17.0. The second kappa shape index (κ2) is 9.13. The molecule has 0 spiro atoms. The lowest BCUT2D eigenvalue weighted by Gasteiger charge is -2.29. The number of carbonyl (C=O) groups excluding carboxylic acids is 1. The van der Waals surface area contributed by atoms with Crippen LogP contribution in [0, 0.1) is 0 Å². The van der Waals surface area contributed by atoms with E-state index in [-0.39, 0.29) is 28.2 Å². The standard InChI is InChI=1S/C23H18Cl2F3N3O2/c24-19-10-16(30-29)11-20(25)21(19)33-17-4-5-18-14(9-17)6-7-31(22(18)32)12-13-2-1-3-15(8-13)23(26,27)28/h1-5,8-11,30H,6-7,12,29H2. The lowest BCUT2D eigenvalue weighted by Crippen LogP contribution is -2.37. The third-order valence-corrected chi connectivity index (χ3v) is 5.82. The lowest BCUT2D eigenvalue weighted by atomic mass is 9.98. The first-order valence-electron chi connectivity index (χ1n) is 9.87. The molecule has 1 aliphatic rings. The Balaban J connectivity index is 1.52. The van der Waals surface area contributed by atoms with Crippen LogP contribution in [0.1, 0.15) is 27.0 Å². The Bertz CT molecular complexity index is 1190. The number of hydrazine groups is 1. The van der Waals surface area contributed by atoms with Crippen LogP contribution in [0.15, 0.2) is 54.6 Å². The second-order valence-corrected chi connectivity index (χ2v) is 8.32. The van der Waals surface area contributed by atoms with Gasteiger partial charge in [0.25, 0.3) is 5.91 Å². The quantitative estimate of drug-likeness (QED) is 0.322. The van der Waals surface area contributed by atoms with Crippen LogP contribution in [-0.4, -0.2) is 17.4 Å². The number of fused-ring (bicyclic) bond motifs is 1. The number of ether oxygens (including phenoxy) is 1. The van der Waals surface area contributed by atoms with Gasteiger partial charge in [0.2, 0.25) is 0 Å². The number of carbonyl (C=O) groups is 1. The van der Waals surface area contributed by atoms with E-state index in [1.165, 1.54) is 11.0 Å². The first-order valence-corrected chi connectivity index (χ1v) is 10.6. The summed E-state index contributed by atoms with van der Waals surface area (Å²) in [5.74, 6) is 5.82. The topological polar surface area (TPSA) is 67.6 Å². The molecule has 1 amide bonds. The van der Waals surface area contributed by atoms with Gasteiger partial charge in [0.05, 0.1) is 21.3 Å². The molecule has 0 aliphatic carbocycles. The molecule has 0 saturated heterocycles. The third-order valence-electron chi connectivity index (χ3n) is 5.26. The maximum absolute atomic E-state index is 13.0. The maximum atomic E-state index is 13.0. The summed E-state index contributed by atoms with van der Waals surface area (Å²) in [5, 5.41) is 0.521. The predicted molar refractivity (Wildman–Crippen MR) is 121 cm³/mol. The normalized spacial score (nSPS) is 13.6. The maximum Gasteiger partial charge on any atom is 0.416 e. The number of anilines is 1. The molecule has 0 atom stereocenters. The van der Waals surface area contributed by atoms with E-state index in [2.05, 4.69) is 5.43 Å². The van der Waals surface area contributed by atoms with Gasteiger partial charge in [-0.25, -0.2) is 0 Å². The van der Waals surface area contributed by atoms with Crippen molar-refractivity contribution in [2.45, 2.75) is 19.1 Å². The van der Waals surface area contributed by atoms with Crippen LogP contribution in [0.5, 0.6) is 11.5 Å². The van der Waals surface area contributed by atoms with Crippen molar-refractivity contribution in [1.29, 1.82) is 0 Å². The Hall–Kier alpha value is -2.94. The Morgan fingerprint density at radius 1 is 1.06 bits per heavy atom. The van der Waals surface area contributed by atoms with E-state index < -0.39 is 11.7 Å². The fraction of sp³-hybridized carbons (Fsp3) is 0.174. The third kappa shape index (κ3) is 5.03. The van der Waals surface area contributed by atoms with Gasteiger partial charge in [0.15, 0.2) is 5.75 Å². The van der Waals surface area contributed by atoms with E-state index in [1.807, 2.05) is 0 Å². The molecule has 4 rings (SSSR count). The monoisotopic (exact) mass is 495 g/mol. The van der Waals surface area contributed by atoms with Crippen molar-refractivity contribution in [3.8, 4) is 11.5 Å². The predicted octanol–water partition coefficient (Wildman–Crippen LogP) is 6.29. The molecule has 1 aliphatic heterocycles. The van der Waals surface area contributed by atoms with Crippen LogP contribution < -0.4 is 16.0 Å². The van der Waals surface area contributed by atoms with E-state index in [0.717, 1.165) is 17.7 Å². The molecule has 5 nitrogen and oxygen atoms in total. The van der Waals surface area contributed by atoms with Gasteiger partial charge in [-0.2, -0.15) is 13.2 Å². The summed E-state index contributed by atoms with van der Waals surface area (Å²) in [6.07, 6.45) is -3.91. The molecule has 0 aromatic heterocycles. The molecule has 3 aromatic rings. The number of rotatable bonds is 5. The molecule has 3 aromatic carbocycles. The number of amides is 1. The van der Waals surface area contributed by atoms with E-state index >= 15 is 0 Å². The lowest BCUT2D eigenvalue weighted by molar-refractivity contribution is -0.137. The zero-order chi connectivity index (χ0) is 23.8. The highest BCUT2D eigenvalue weighted by Gasteiger charge is 2.31. The SMILES string of the molecule is NNc1cc(Cl)c(Oc2ccc3c(c2)CCN(Cc2cccc(C(F)(F)F)c2)C3=O)c(Cl)c1. The number of nitrogens with zero attached hydrogens (tertiary/aromatic N) is 1. The van der Waals surface area contributed by atoms with E-state index in [1.54, 1.807) is 36.4 Å². The largest absolute Gasteiger partial charge is 0.454 e. The van der Waals surface area contributed by atoms with Crippen LogP contribution in [0.4, 0.5) is 18.9 Å². The number of halogens is 5. The van der Waals surface area contributed by atoms with Crippen molar-refractivity contribution in [3.63, 3.8) is 0 Å². The minimum absolute atomic E-state index is 0.0905. The highest BCUT2D eigenvalue weighted by Crippen LogP contribution is 2.39. The van der Waals surface area contributed by atoms with Gasteiger partial charge < -0.3 is 15.1 Å². The van der Waals surface area contributed by atoms with E-state index in [4.69, 9.17) is 33.8 Å². The summed E-state index contributed by atoms with van der Waals surface area (Å²) >= 11 is 12.5. The molecule has 0 bridgehead atoms. The number of nitrogens with one attached hydrogen (secondary N) is 1. The Kier molecular flexibility index (Phi) is 6.43. The fourth-order valence-electron chi connectivity index (χ4n) is 3.65. The Morgan fingerprint density at radius 2 is 1.79 bits per heavy atom. The van der Waals surface area contributed by atoms with Gasteiger partial charge >= 0.3 is 6.18 Å². The van der Waals surface area contributed by atoms with Gasteiger partial charge in [-0.05, 0) is 60.0 Å². The minimum Gasteiger partial charge on any atom is -0.454 e. The van der Waals surface area contributed by atoms with E-state index in [9.17, 15) is 18.0 Å². The van der Waals surface area contributed by atoms with Crippen LogP contribution in [0.25, 0.3) is 0 Å². The number of alkyl halides is 3. The van der Waals surface area contributed by atoms with Gasteiger partial charge in [-0.3, -0.25) is 10.6 Å². The molecule has 3 N–H and O–H groups in total. The Labute approximate surface area is 197 Å². The second-order valence-electron chi connectivity index (χ2n) is 7.51. The number of nitrogens with two attached hydrogens (primary N) is 1. The zero-order valence-corrected chi connectivity index (χ0v) is 18.6. The van der Waals surface area contributed by atoms with Gasteiger partial charge in [-0.15, -0.1) is 0 Å². The van der Waals surface area contributed by atoms with Gasteiger partial charge in [0, 0.05) is 18.7 Å². The first-order chi connectivity index (χ1) is 15.7. The van der Waals surface area contributed by atoms with Crippen LogP contribution in [0.2, 0.25) is 10.0 Å². The van der Waals surface area contributed by atoms with Crippen molar-refractivity contribution in [2.24, 2.45) is 5.84 Å². The molecule has 0 fully saturated rings. The number of nitrogen functional groups attached to an aromatic ring is 1. The smallest absolute Gasteiger partial charge is 0.416 e. The summed E-state index contributed by atoms with van der Waals surface area (Å²) in [6, 6.07) is 13.1. The summed E-state index contributed by atoms with van der Waals surface area (Å²) in [5.41, 5.74) is 3.90. The average Bonchev–Trinajstić information content (AvgIpc) is 2.77. The molecule has 33 heavy (non-hydrogen) atoms. The number of hydrogen-bond donors (Lipinski definition) is 2. The van der Waals surface area contributed by atoms with Crippen molar-refractivity contribution >= 4 is 34.8 Å². The Morgan fingerprint density at radius 3 is 2.45 bits per heavy atom. The highest BCUT2D eigenvalue weighted by atomic mass is 35.5. The number of benzene rings is 3. The summed E-state index contributed by atoms with van der Waals surface area (Å²) in [4.78, 5) is 14.5. The molecule has 1 heterocycles. The molecular formula is C23H18Cl2F3N3O2. The van der Waals surface area contributed by atoms with Crippen molar-refractivity contribution in [3.05, 3.63) is 86.9 Å². The van der Waals surface area contributed by atoms with Crippen LogP contribution >= 0.6 is 23.2 Å². The van der Waals surface area contributed by atoms with Crippen molar-refractivity contribution < 1.29 is 22.7 Å². The summed E-state index contributed by atoms with van der Waals surface area (Å²) in [7, 11) is 0. The fourth-order valence-corrected chi connectivity index (χ4v) is 4.22. The molecule has 0 radical (unpaired) electrons. The molecule has 0 unspecified atom stereocenters. The molecule has 172 valence electrons. The highest BCUT2D eigenvalue weighted by molar-refractivity contribution is 6.37. The van der Waals surface area contributed by atoms with Crippen molar-refractivity contribution in [1.82, 2.24) is 4.90 Å². The molecule has 0 saturated carbocycles. The van der Waals surface area contributed by atoms with Gasteiger partial charge in [-0.1, -0.05) is 35.3 Å². The van der Waals surface area contributed by atoms with Crippen LogP contribution in [-0.2, 0) is 19.1 Å². The average molecular weight is 496 g/mol. The summed E-state index contributed by atoms with van der Waals surface area (Å²) < 4.78 is 44.8. The molecular weight excluding hydrogens is 478 g/mol. The van der Waals surface area contributed by atoms with Crippen LogP contribution in [0.3, 0.4) is 0 Å². The number of hydrogen-bond acceptors (Lipinski definition) is 4. The van der Waals surface area contributed by atoms with Crippen molar-refractivity contribution in [2.75, 3.05) is 12.0 Å².